The molecule has 1 fully saturated rings. The molecule has 2 N–H and O–H groups in total. The van der Waals surface area contributed by atoms with E-state index in [2.05, 4.69) is 27.9 Å². The molecular formula is C16H22N4OS2. The molecule has 1 aliphatic carbocycles. The van der Waals surface area contributed by atoms with E-state index in [1.54, 1.807) is 11.3 Å². The standard InChI is InChI=1S/C16H22N4OS2/c1-9-4-6-12(7-5-9)19-15-20-13(8-22-15)14-10(2)17-16(23-14)18-11(3)21/h8-9,12H,4-7H2,1-3H3,(H,19,20)(H,17,18,21). The van der Waals surface area contributed by atoms with Gasteiger partial charge < -0.3 is 10.6 Å². The molecule has 0 radical (unpaired) electrons. The molecule has 0 saturated heterocycles. The van der Waals surface area contributed by atoms with Gasteiger partial charge in [0.1, 0.15) is 0 Å². The highest BCUT2D eigenvalue weighted by Crippen LogP contribution is 2.35. The van der Waals surface area contributed by atoms with Crippen LogP contribution in [0.15, 0.2) is 5.38 Å². The number of nitrogens with zero attached hydrogens (tertiary/aromatic N) is 2. The van der Waals surface area contributed by atoms with E-state index < -0.39 is 0 Å². The van der Waals surface area contributed by atoms with Crippen LogP contribution in [0.3, 0.4) is 0 Å². The summed E-state index contributed by atoms with van der Waals surface area (Å²) in [4.78, 5) is 21.3. The Bertz CT molecular complexity index is 686. The molecule has 1 saturated carbocycles. The minimum absolute atomic E-state index is 0.0996. The minimum atomic E-state index is -0.0996. The Hall–Kier alpha value is -1.47. The SMILES string of the molecule is CC(=O)Nc1nc(C)c(-c2csc(NC3CCC(C)CC3)n2)s1. The van der Waals surface area contributed by atoms with Crippen LogP contribution < -0.4 is 10.6 Å². The van der Waals surface area contributed by atoms with Gasteiger partial charge in [-0.25, -0.2) is 9.97 Å². The molecule has 0 aliphatic heterocycles. The normalized spacial score (nSPS) is 21.2. The lowest BCUT2D eigenvalue weighted by molar-refractivity contribution is -0.114. The van der Waals surface area contributed by atoms with E-state index in [4.69, 9.17) is 4.98 Å². The fourth-order valence-corrected chi connectivity index (χ4v) is 4.69. The van der Waals surface area contributed by atoms with Gasteiger partial charge >= 0.3 is 0 Å². The predicted octanol–water partition coefficient (Wildman–Crippen LogP) is 4.52. The van der Waals surface area contributed by atoms with Crippen molar-refractivity contribution in [2.24, 2.45) is 5.92 Å². The van der Waals surface area contributed by atoms with Gasteiger partial charge in [0, 0.05) is 18.3 Å². The lowest BCUT2D eigenvalue weighted by Crippen LogP contribution is -2.25. The van der Waals surface area contributed by atoms with E-state index in [0.29, 0.717) is 11.2 Å². The Morgan fingerprint density at radius 3 is 2.65 bits per heavy atom. The molecule has 0 unspecified atom stereocenters. The van der Waals surface area contributed by atoms with Crippen LogP contribution in [0.25, 0.3) is 10.6 Å². The molecule has 1 amide bonds. The molecular weight excluding hydrogens is 328 g/mol. The van der Waals surface area contributed by atoms with E-state index >= 15 is 0 Å². The van der Waals surface area contributed by atoms with E-state index in [0.717, 1.165) is 27.3 Å². The summed E-state index contributed by atoms with van der Waals surface area (Å²) >= 11 is 3.11. The molecule has 2 aromatic rings. The van der Waals surface area contributed by atoms with Crippen molar-refractivity contribution < 1.29 is 4.79 Å². The first kappa shape index (κ1) is 16.4. The number of hydrogen-bond donors (Lipinski definition) is 2. The van der Waals surface area contributed by atoms with Crippen LogP contribution in [0.5, 0.6) is 0 Å². The van der Waals surface area contributed by atoms with Crippen LogP contribution in [0.2, 0.25) is 0 Å². The summed E-state index contributed by atoms with van der Waals surface area (Å²) in [5.41, 5.74) is 1.84. The molecule has 0 atom stereocenters. The maximum atomic E-state index is 11.2. The zero-order chi connectivity index (χ0) is 16.4. The monoisotopic (exact) mass is 350 g/mol. The summed E-state index contributed by atoms with van der Waals surface area (Å²) in [7, 11) is 0. The molecule has 2 heterocycles. The first-order valence-electron chi connectivity index (χ1n) is 7.98. The molecule has 0 aromatic carbocycles. The highest BCUT2D eigenvalue weighted by molar-refractivity contribution is 7.19. The smallest absolute Gasteiger partial charge is 0.223 e. The Balaban J connectivity index is 1.69. The first-order valence-corrected chi connectivity index (χ1v) is 9.68. The van der Waals surface area contributed by atoms with E-state index in [-0.39, 0.29) is 5.91 Å². The summed E-state index contributed by atoms with van der Waals surface area (Å²) < 4.78 is 0. The fraction of sp³-hybridized carbons (Fsp3) is 0.562. The van der Waals surface area contributed by atoms with E-state index in [1.165, 1.54) is 43.9 Å². The van der Waals surface area contributed by atoms with Crippen molar-refractivity contribution in [3.05, 3.63) is 11.1 Å². The number of aryl methyl sites for hydroxylation is 1. The average Bonchev–Trinajstić information content (AvgIpc) is 3.07. The molecule has 7 heteroatoms. The molecule has 23 heavy (non-hydrogen) atoms. The lowest BCUT2D eigenvalue weighted by atomic mass is 9.87. The molecule has 5 nitrogen and oxygen atoms in total. The molecule has 0 bridgehead atoms. The first-order chi connectivity index (χ1) is 11.0. The second kappa shape index (κ2) is 6.97. The summed E-state index contributed by atoms with van der Waals surface area (Å²) in [5.74, 6) is 0.754. The van der Waals surface area contributed by atoms with Gasteiger partial charge in [-0.05, 0) is 38.5 Å². The second-order valence-electron chi connectivity index (χ2n) is 6.25. The Labute approximate surface area is 144 Å². The Morgan fingerprint density at radius 2 is 1.96 bits per heavy atom. The van der Waals surface area contributed by atoms with Gasteiger partial charge in [-0.1, -0.05) is 18.3 Å². The van der Waals surface area contributed by atoms with Crippen molar-refractivity contribution in [1.29, 1.82) is 0 Å². The fourth-order valence-electron chi connectivity index (χ4n) is 2.86. The van der Waals surface area contributed by atoms with Crippen LogP contribution >= 0.6 is 22.7 Å². The van der Waals surface area contributed by atoms with Gasteiger partial charge in [0.25, 0.3) is 0 Å². The van der Waals surface area contributed by atoms with Crippen molar-refractivity contribution >= 4 is 38.8 Å². The number of carbonyl (C=O) groups excluding carboxylic acids is 1. The predicted molar refractivity (Wildman–Crippen MR) is 97.3 cm³/mol. The summed E-state index contributed by atoms with van der Waals surface area (Å²) in [6.07, 6.45) is 5.04. The summed E-state index contributed by atoms with van der Waals surface area (Å²) in [6, 6.07) is 0.544. The van der Waals surface area contributed by atoms with Crippen LogP contribution in [0, 0.1) is 12.8 Å². The average molecular weight is 351 g/mol. The number of anilines is 2. The third-order valence-electron chi connectivity index (χ3n) is 4.16. The van der Waals surface area contributed by atoms with Gasteiger partial charge in [0.15, 0.2) is 10.3 Å². The number of hydrogen-bond acceptors (Lipinski definition) is 6. The number of aromatic nitrogens is 2. The largest absolute Gasteiger partial charge is 0.359 e. The third kappa shape index (κ3) is 4.09. The number of carbonyl (C=O) groups is 1. The topological polar surface area (TPSA) is 66.9 Å². The van der Waals surface area contributed by atoms with Crippen LogP contribution in [0.4, 0.5) is 10.3 Å². The van der Waals surface area contributed by atoms with Gasteiger partial charge in [-0.3, -0.25) is 4.79 Å². The van der Waals surface area contributed by atoms with Crippen LogP contribution in [0.1, 0.15) is 45.2 Å². The highest BCUT2D eigenvalue weighted by atomic mass is 32.1. The minimum Gasteiger partial charge on any atom is -0.359 e. The van der Waals surface area contributed by atoms with E-state index in [1.807, 2.05) is 6.92 Å². The number of thiazole rings is 2. The van der Waals surface area contributed by atoms with Crippen molar-refractivity contribution in [1.82, 2.24) is 9.97 Å². The lowest BCUT2D eigenvalue weighted by Gasteiger charge is -2.26. The highest BCUT2D eigenvalue weighted by Gasteiger charge is 2.19. The molecule has 2 aromatic heterocycles. The zero-order valence-electron chi connectivity index (χ0n) is 13.7. The van der Waals surface area contributed by atoms with Crippen molar-refractivity contribution in [2.45, 2.75) is 52.5 Å². The third-order valence-corrected chi connectivity index (χ3v) is 6.03. The summed E-state index contributed by atoms with van der Waals surface area (Å²) in [5, 5.41) is 9.99. The molecule has 1 aliphatic rings. The van der Waals surface area contributed by atoms with Crippen LogP contribution in [-0.4, -0.2) is 21.9 Å². The van der Waals surface area contributed by atoms with Gasteiger partial charge in [0.05, 0.1) is 16.3 Å². The van der Waals surface area contributed by atoms with Crippen molar-refractivity contribution in [3.63, 3.8) is 0 Å². The van der Waals surface area contributed by atoms with Gasteiger partial charge in [-0.15, -0.1) is 11.3 Å². The number of nitrogens with one attached hydrogen (secondary N) is 2. The van der Waals surface area contributed by atoms with Gasteiger partial charge in [0.2, 0.25) is 5.91 Å². The zero-order valence-corrected chi connectivity index (χ0v) is 15.3. The van der Waals surface area contributed by atoms with Crippen molar-refractivity contribution in [3.8, 4) is 10.6 Å². The van der Waals surface area contributed by atoms with Crippen molar-refractivity contribution in [2.75, 3.05) is 10.6 Å². The molecule has 0 spiro atoms. The van der Waals surface area contributed by atoms with Gasteiger partial charge in [-0.2, -0.15) is 0 Å². The molecule has 124 valence electrons. The van der Waals surface area contributed by atoms with E-state index in [9.17, 15) is 4.79 Å². The number of rotatable bonds is 4. The Morgan fingerprint density at radius 1 is 1.22 bits per heavy atom. The second-order valence-corrected chi connectivity index (χ2v) is 8.11. The number of amides is 1. The Kier molecular flexibility index (Phi) is 4.96. The maximum absolute atomic E-state index is 11.2. The maximum Gasteiger partial charge on any atom is 0.223 e. The summed E-state index contributed by atoms with van der Waals surface area (Å²) in [6.45, 7) is 5.77. The quantitative estimate of drug-likeness (QED) is 0.850. The molecule has 3 rings (SSSR count). The van der Waals surface area contributed by atoms with Crippen LogP contribution in [-0.2, 0) is 4.79 Å².